The standard InChI is InChI=1S/C21H21FN4O6/c1-26-14-7-11(6-12-2-3-13(22)8-15(12)32-10-16(23)28)9-25-18(14)19(29)17(21(26)31)20(30)24-4-5-27/h2-3,7-9,27,29H,4-6,10H2,1H3,(H2,23,28)(H,24,30). The van der Waals surface area contributed by atoms with Crippen LogP contribution in [0.25, 0.3) is 11.0 Å². The third-order valence-electron chi connectivity index (χ3n) is 4.68. The van der Waals surface area contributed by atoms with Gasteiger partial charge in [0.25, 0.3) is 17.4 Å². The fourth-order valence-electron chi connectivity index (χ4n) is 3.17. The van der Waals surface area contributed by atoms with Gasteiger partial charge in [-0.1, -0.05) is 6.07 Å². The number of primary amides is 1. The molecular formula is C21H21FN4O6. The zero-order valence-electron chi connectivity index (χ0n) is 17.1. The fraction of sp³-hybridized carbons (Fsp3) is 0.238. The van der Waals surface area contributed by atoms with Crippen LogP contribution in [-0.2, 0) is 18.3 Å². The number of nitrogens with one attached hydrogen (secondary N) is 1. The summed E-state index contributed by atoms with van der Waals surface area (Å²) in [5.41, 5.74) is 5.31. The number of aromatic nitrogens is 2. The maximum absolute atomic E-state index is 13.6. The number of aliphatic hydroxyl groups is 1. The number of nitrogens with two attached hydrogens (primary N) is 1. The van der Waals surface area contributed by atoms with Crippen molar-refractivity contribution in [2.45, 2.75) is 6.42 Å². The number of ether oxygens (including phenoxy) is 1. The Morgan fingerprint density at radius 2 is 2.06 bits per heavy atom. The summed E-state index contributed by atoms with van der Waals surface area (Å²) in [7, 11) is 1.43. The summed E-state index contributed by atoms with van der Waals surface area (Å²) in [6.07, 6.45) is 1.65. The van der Waals surface area contributed by atoms with E-state index in [0.29, 0.717) is 11.1 Å². The smallest absolute Gasteiger partial charge is 0.267 e. The molecule has 0 radical (unpaired) electrons. The maximum Gasteiger partial charge on any atom is 0.267 e. The molecule has 2 amide bonds. The van der Waals surface area contributed by atoms with Crippen LogP contribution >= 0.6 is 0 Å². The minimum atomic E-state index is -0.826. The third kappa shape index (κ3) is 4.67. The summed E-state index contributed by atoms with van der Waals surface area (Å²) >= 11 is 0. The Labute approximate surface area is 181 Å². The van der Waals surface area contributed by atoms with Crippen molar-refractivity contribution >= 4 is 22.8 Å². The number of carbonyl (C=O) groups excluding carboxylic acids is 2. The van der Waals surface area contributed by atoms with Crippen LogP contribution in [0.1, 0.15) is 21.5 Å². The van der Waals surface area contributed by atoms with Crippen LogP contribution in [0, 0.1) is 5.82 Å². The molecule has 0 aliphatic heterocycles. The predicted octanol–water partition coefficient (Wildman–Crippen LogP) is -0.0448. The van der Waals surface area contributed by atoms with E-state index >= 15 is 0 Å². The van der Waals surface area contributed by atoms with E-state index < -0.39 is 41.1 Å². The van der Waals surface area contributed by atoms with E-state index in [1.54, 1.807) is 6.07 Å². The van der Waals surface area contributed by atoms with Gasteiger partial charge in [-0.25, -0.2) is 4.39 Å². The summed E-state index contributed by atoms with van der Waals surface area (Å²) in [5.74, 6) is -2.53. The average Bonchev–Trinajstić information content (AvgIpc) is 2.76. The molecule has 5 N–H and O–H groups in total. The van der Waals surface area contributed by atoms with Gasteiger partial charge >= 0.3 is 0 Å². The molecule has 0 aliphatic carbocycles. The van der Waals surface area contributed by atoms with Gasteiger partial charge in [-0.2, -0.15) is 0 Å². The van der Waals surface area contributed by atoms with Crippen LogP contribution in [0.2, 0.25) is 0 Å². The van der Waals surface area contributed by atoms with Crippen LogP contribution in [0.3, 0.4) is 0 Å². The number of halogens is 1. The largest absolute Gasteiger partial charge is 0.505 e. The number of nitrogens with zero attached hydrogens (tertiary/aromatic N) is 2. The fourth-order valence-corrected chi connectivity index (χ4v) is 3.17. The molecule has 10 nitrogen and oxygen atoms in total. The van der Waals surface area contributed by atoms with Gasteiger partial charge in [-0.05, 0) is 23.3 Å². The summed E-state index contributed by atoms with van der Waals surface area (Å²) in [5, 5.41) is 21.7. The molecule has 0 fully saturated rings. The highest BCUT2D eigenvalue weighted by Gasteiger charge is 2.22. The number of hydrogen-bond donors (Lipinski definition) is 4. The van der Waals surface area contributed by atoms with Crippen LogP contribution in [0.15, 0.2) is 35.3 Å². The van der Waals surface area contributed by atoms with Crippen molar-refractivity contribution in [1.29, 1.82) is 0 Å². The van der Waals surface area contributed by atoms with Gasteiger partial charge in [-0.3, -0.25) is 19.4 Å². The lowest BCUT2D eigenvalue weighted by atomic mass is 10.0. The molecule has 11 heteroatoms. The quantitative estimate of drug-likeness (QED) is 0.380. The van der Waals surface area contributed by atoms with Crippen LogP contribution < -0.4 is 21.3 Å². The van der Waals surface area contributed by atoms with Crippen molar-refractivity contribution in [2.75, 3.05) is 19.8 Å². The molecule has 0 bridgehead atoms. The lowest BCUT2D eigenvalue weighted by Crippen LogP contribution is -2.34. The third-order valence-corrected chi connectivity index (χ3v) is 4.68. The Hall–Kier alpha value is -3.99. The number of aromatic hydroxyl groups is 1. The van der Waals surface area contributed by atoms with E-state index in [9.17, 15) is 23.9 Å². The highest BCUT2D eigenvalue weighted by Crippen LogP contribution is 2.27. The van der Waals surface area contributed by atoms with Crippen molar-refractivity contribution in [3.63, 3.8) is 0 Å². The number of aryl methyl sites for hydroxylation is 1. The topological polar surface area (TPSA) is 157 Å². The second-order valence-electron chi connectivity index (χ2n) is 6.96. The summed E-state index contributed by atoms with van der Waals surface area (Å²) < 4.78 is 20.1. The molecule has 0 spiro atoms. The molecular weight excluding hydrogens is 423 g/mol. The highest BCUT2D eigenvalue weighted by atomic mass is 19.1. The van der Waals surface area contributed by atoms with Gasteiger partial charge in [0.1, 0.15) is 22.6 Å². The Balaban J connectivity index is 2.01. The molecule has 0 aliphatic rings. The number of aliphatic hydroxyl groups excluding tert-OH is 1. The van der Waals surface area contributed by atoms with Gasteiger partial charge in [0.05, 0.1) is 12.1 Å². The summed E-state index contributed by atoms with van der Waals surface area (Å²) in [4.78, 5) is 40.1. The number of fused-ring (bicyclic) bond motifs is 1. The molecule has 0 saturated carbocycles. The Morgan fingerprint density at radius 1 is 1.31 bits per heavy atom. The zero-order chi connectivity index (χ0) is 23.4. The molecule has 0 atom stereocenters. The van der Waals surface area contributed by atoms with Crippen molar-refractivity contribution in [3.05, 3.63) is 63.3 Å². The first-order chi connectivity index (χ1) is 15.2. The minimum Gasteiger partial charge on any atom is -0.505 e. The van der Waals surface area contributed by atoms with Gasteiger partial charge in [0.15, 0.2) is 12.4 Å². The van der Waals surface area contributed by atoms with Crippen molar-refractivity contribution < 1.29 is 28.9 Å². The molecule has 3 aromatic rings. The van der Waals surface area contributed by atoms with Gasteiger partial charge < -0.3 is 30.6 Å². The van der Waals surface area contributed by atoms with Crippen molar-refractivity contribution in [2.24, 2.45) is 12.8 Å². The number of amides is 2. The number of hydrogen-bond acceptors (Lipinski definition) is 7. The molecule has 3 rings (SSSR count). The molecule has 32 heavy (non-hydrogen) atoms. The van der Waals surface area contributed by atoms with E-state index in [0.717, 1.165) is 6.07 Å². The predicted molar refractivity (Wildman–Crippen MR) is 112 cm³/mol. The molecule has 2 heterocycles. The lowest BCUT2D eigenvalue weighted by molar-refractivity contribution is -0.119. The monoisotopic (exact) mass is 444 g/mol. The second kappa shape index (κ2) is 9.43. The van der Waals surface area contributed by atoms with E-state index in [1.807, 2.05) is 0 Å². The summed E-state index contributed by atoms with van der Waals surface area (Å²) in [6.45, 7) is -0.823. The van der Waals surface area contributed by atoms with Crippen LogP contribution in [0.5, 0.6) is 11.5 Å². The molecule has 0 saturated heterocycles. The molecule has 2 aromatic heterocycles. The molecule has 1 aromatic carbocycles. The van der Waals surface area contributed by atoms with Crippen molar-refractivity contribution in [3.8, 4) is 11.5 Å². The Bertz CT molecular complexity index is 1260. The van der Waals surface area contributed by atoms with Crippen LogP contribution in [0.4, 0.5) is 4.39 Å². The first-order valence-electron chi connectivity index (χ1n) is 9.52. The molecule has 0 unspecified atom stereocenters. The minimum absolute atomic E-state index is 0.0364. The van der Waals surface area contributed by atoms with Crippen LogP contribution in [-0.4, -0.2) is 51.3 Å². The van der Waals surface area contributed by atoms with E-state index in [1.165, 1.54) is 29.9 Å². The first-order valence-corrected chi connectivity index (χ1v) is 9.52. The maximum atomic E-state index is 13.6. The van der Waals surface area contributed by atoms with E-state index in [4.69, 9.17) is 15.6 Å². The zero-order valence-corrected chi connectivity index (χ0v) is 17.1. The average molecular weight is 444 g/mol. The normalized spacial score (nSPS) is 10.8. The van der Waals surface area contributed by atoms with E-state index in [-0.39, 0.29) is 36.4 Å². The second-order valence-corrected chi connectivity index (χ2v) is 6.96. The number of rotatable bonds is 8. The van der Waals surface area contributed by atoms with E-state index in [2.05, 4.69) is 10.3 Å². The first kappa shape index (κ1) is 22.7. The van der Waals surface area contributed by atoms with Crippen molar-refractivity contribution in [1.82, 2.24) is 14.9 Å². The number of pyridine rings is 2. The Morgan fingerprint density at radius 3 is 2.75 bits per heavy atom. The SMILES string of the molecule is Cn1c(=O)c(C(=O)NCCO)c(O)c2ncc(Cc3ccc(F)cc3OCC(N)=O)cc21. The number of benzene rings is 1. The Kier molecular flexibility index (Phi) is 6.69. The van der Waals surface area contributed by atoms with Gasteiger partial charge in [-0.15, -0.1) is 0 Å². The molecule has 168 valence electrons. The number of carbonyl (C=O) groups is 2. The highest BCUT2D eigenvalue weighted by molar-refractivity contribution is 6.01. The summed E-state index contributed by atoms with van der Waals surface area (Å²) in [6, 6.07) is 5.45. The lowest BCUT2D eigenvalue weighted by Gasteiger charge is -2.13. The van der Waals surface area contributed by atoms with Gasteiger partial charge in [0.2, 0.25) is 0 Å². The van der Waals surface area contributed by atoms with Gasteiger partial charge in [0, 0.05) is 32.3 Å².